The fourth-order valence-corrected chi connectivity index (χ4v) is 3.00. The minimum absolute atomic E-state index is 0.0839. The Labute approximate surface area is 166 Å². The Morgan fingerprint density at radius 3 is 2.45 bits per heavy atom. The van der Waals surface area contributed by atoms with Crippen molar-refractivity contribution in [2.75, 3.05) is 33.3 Å². The number of aliphatic hydroxyl groups is 2. The molecular weight excluding hydrogens is 399 g/mol. The second-order valence-corrected chi connectivity index (χ2v) is 7.48. The largest absolute Gasteiger partial charge is 0.490 e. The van der Waals surface area contributed by atoms with Gasteiger partial charge in [-0.2, -0.15) is 13.2 Å². The van der Waals surface area contributed by atoms with E-state index in [1.165, 1.54) is 0 Å². The number of carboxylic acids is 1. The van der Waals surface area contributed by atoms with Gasteiger partial charge >= 0.3 is 12.1 Å². The summed E-state index contributed by atoms with van der Waals surface area (Å²) in [5, 5.41) is 29.7. The third-order valence-corrected chi connectivity index (χ3v) is 4.72. The van der Waals surface area contributed by atoms with Crippen molar-refractivity contribution in [1.82, 2.24) is 9.80 Å². The van der Waals surface area contributed by atoms with Gasteiger partial charge in [0.15, 0.2) is 5.60 Å². The van der Waals surface area contributed by atoms with E-state index in [9.17, 15) is 23.1 Å². The van der Waals surface area contributed by atoms with Crippen LogP contribution in [0.5, 0.6) is 0 Å². The minimum Gasteiger partial charge on any atom is -0.475 e. The molecule has 0 radical (unpaired) electrons. The lowest BCUT2D eigenvalue weighted by molar-refractivity contribution is -0.192. The number of carboxylic acid groups (broad SMARTS) is 1. The Kier molecular flexibility index (Phi) is 8.84. The molecule has 2 unspecified atom stereocenters. The molecule has 2 aliphatic heterocycles. The Bertz CT molecular complexity index is 614. The summed E-state index contributed by atoms with van der Waals surface area (Å²) < 4.78 is 31.7. The van der Waals surface area contributed by atoms with Crippen molar-refractivity contribution in [2.45, 2.75) is 57.0 Å². The normalized spacial score (nSPS) is 23.1. The third-order valence-electron chi connectivity index (χ3n) is 4.72. The van der Waals surface area contributed by atoms with Crippen LogP contribution in [0.4, 0.5) is 13.2 Å². The zero-order chi connectivity index (χ0) is 22.4. The van der Waals surface area contributed by atoms with Crippen molar-refractivity contribution in [3.63, 3.8) is 0 Å². The summed E-state index contributed by atoms with van der Waals surface area (Å²) in [5.41, 5.74) is 0.0109. The molecule has 2 rings (SSSR count). The van der Waals surface area contributed by atoms with E-state index >= 15 is 0 Å². The van der Waals surface area contributed by atoms with E-state index in [0.717, 1.165) is 19.4 Å². The van der Waals surface area contributed by atoms with E-state index < -0.39 is 23.9 Å². The molecule has 1 spiro atoms. The van der Waals surface area contributed by atoms with Crippen molar-refractivity contribution in [2.24, 2.45) is 5.16 Å². The Morgan fingerprint density at radius 1 is 1.38 bits per heavy atom. The van der Waals surface area contributed by atoms with Gasteiger partial charge in [-0.05, 0) is 33.2 Å². The lowest BCUT2D eigenvalue weighted by atomic mass is 9.87. The number of oxime groups is 1. The van der Waals surface area contributed by atoms with Gasteiger partial charge in [0, 0.05) is 32.6 Å². The molecule has 3 N–H and O–H groups in total. The highest BCUT2D eigenvalue weighted by Crippen LogP contribution is 2.33. The highest BCUT2D eigenvalue weighted by Gasteiger charge is 2.45. The highest BCUT2D eigenvalue weighted by molar-refractivity contribution is 6.39. The lowest BCUT2D eigenvalue weighted by Gasteiger charge is -2.38. The smallest absolute Gasteiger partial charge is 0.475 e. The summed E-state index contributed by atoms with van der Waals surface area (Å²) in [5.74, 6) is -2.84. The molecule has 0 aromatic carbocycles. The fraction of sp³-hybridized carbons (Fsp3) is 0.824. The van der Waals surface area contributed by atoms with E-state index in [1.54, 1.807) is 11.9 Å². The fourth-order valence-electron chi connectivity index (χ4n) is 3.00. The topological polar surface area (TPSA) is 123 Å². The van der Waals surface area contributed by atoms with Crippen molar-refractivity contribution in [3.8, 4) is 0 Å². The van der Waals surface area contributed by atoms with Crippen LogP contribution < -0.4 is 0 Å². The van der Waals surface area contributed by atoms with E-state index in [-0.39, 0.29) is 18.6 Å². The number of carbonyl (C=O) groups is 2. The van der Waals surface area contributed by atoms with Crippen molar-refractivity contribution in [3.05, 3.63) is 0 Å². The average Bonchev–Trinajstić information content (AvgIpc) is 3.03. The average molecular weight is 427 g/mol. The maximum Gasteiger partial charge on any atom is 0.490 e. The maximum absolute atomic E-state index is 12.3. The summed E-state index contributed by atoms with van der Waals surface area (Å²) in [6.07, 6.45) is -3.54. The van der Waals surface area contributed by atoms with Crippen LogP contribution in [0.25, 0.3) is 0 Å². The molecule has 12 heteroatoms. The molecule has 9 nitrogen and oxygen atoms in total. The molecule has 0 aliphatic carbocycles. The number of likely N-dealkylation sites (tertiary alicyclic amines) is 1. The first-order chi connectivity index (χ1) is 13.3. The predicted molar refractivity (Wildman–Crippen MR) is 96.2 cm³/mol. The number of carbonyl (C=O) groups excluding carboxylic acids is 1. The van der Waals surface area contributed by atoms with E-state index in [4.69, 9.17) is 19.8 Å². The van der Waals surface area contributed by atoms with Gasteiger partial charge < -0.3 is 25.1 Å². The van der Waals surface area contributed by atoms with Gasteiger partial charge in [0.2, 0.25) is 0 Å². The molecule has 1 fully saturated rings. The summed E-state index contributed by atoms with van der Waals surface area (Å²) in [6.45, 7) is 5.57. The first-order valence-corrected chi connectivity index (χ1v) is 9.15. The molecule has 29 heavy (non-hydrogen) atoms. The number of aliphatic carboxylic acids is 1. The maximum atomic E-state index is 12.3. The molecule has 0 bridgehead atoms. The minimum atomic E-state index is -5.08. The van der Waals surface area contributed by atoms with Gasteiger partial charge in [0.25, 0.3) is 5.91 Å². The van der Waals surface area contributed by atoms with Crippen LogP contribution in [0.1, 0.15) is 33.1 Å². The summed E-state index contributed by atoms with van der Waals surface area (Å²) >= 11 is 0. The number of aliphatic hydroxyl groups excluding tert-OH is 2. The molecule has 0 saturated carbocycles. The number of hydrogen-bond donors (Lipinski definition) is 3. The van der Waals surface area contributed by atoms with E-state index in [2.05, 4.69) is 10.1 Å². The summed E-state index contributed by atoms with van der Waals surface area (Å²) in [6, 6.07) is 0.120. The standard InChI is InChI=1S/C15H27N3O4.C2HF3O2/c1-11(2)17(3)14(21)13-7-15(22-16-13)5-4-6-18(10-15)8-12(20)9-19;3-2(4,5)1(6)7/h11-12,19-20H,4-10H2,1-3H3;(H,6,7). The summed E-state index contributed by atoms with van der Waals surface area (Å²) in [7, 11) is 1.77. The zero-order valence-corrected chi connectivity index (χ0v) is 16.6. The quantitative estimate of drug-likeness (QED) is 0.582. The highest BCUT2D eigenvalue weighted by atomic mass is 19.4. The number of hydrogen-bond acceptors (Lipinski definition) is 7. The first-order valence-electron chi connectivity index (χ1n) is 9.15. The van der Waals surface area contributed by atoms with Crippen LogP contribution in [0.3, 0.4) is 0 Å². The van der Waals surface area contributed by atoms with Crippen LogP contribution >= 0.6 is 0 Å². The van der Waals surface area contributed by atoms with Gasteiger partial charge in [-0.25, -0.2) is 4.79 Å². The number of rotatable bonds is 5. The lowest BCUT2D eigenvalue weighted by Crippen LogP contribution is -2.51. The number of nitrogens with zero attached hydrogens (tertiary/aromatic N) is 3. The second-order valence-electron chi connectivity index (χ2n) is 7.48. The van der Waals surface area contributed by atoms with Crippen LogP contribution in [-0.2, 0) is 14.4 Å². The van der Waals surface area contributed by atoms with Crippen molar-refractivity contribution < 1.29 is 42.9 Å². The Balaban J connectivity index is 0.000000516. The molecule has 1 saturated heterocycles. The van der Waals surface area contributed by atoms with Crippen LogP contribution in [0.2, 0.25) is 0 Å². The number of amides is 1. The molecule has 0 aromatic heterocycles. The Morgan fingerprint density at radius 2 is 1.97 bits per heavy atom. The number of β-amino-alcohol motifs (C(OH)–C–C–N with tert-alkyl or cyclic N) is 1. The molecular formula is C17H28F3N3O6. The van der Waals surface area contributed by atoms with Crippen LogP contribution in [0, 0.1) is 0 Å². The predicted octanol–water partition coefficient (Wildman–Crippen LogP) is 0.451. The Hall–Kier alpha value is -1.92. The van der Waals surface area contributed by atoms with Gasteiger partial charge in [-0.1, -0.05) is 5.16 Å². The SMILES string of the molecule is CC(C)N(C)C(=O)C1=NOC2(CCCN(CC(O)CO)C2)C1.O=C(O)C(F)(F)F. The molecule has 168 valence electrons. The van der Waals surface area contributed by atoms with E-state index in [1.807, 2.05) is 13.8 Å². The first kappa shape index (κ1) is 25.1. The van der Waals surface area contributed by atoms with Crippen molar-refractivity contribution >= 4 is 17.6 Å². The second kappa shape index (κ2) is 10.2. The molecule has 0 aromatic rings. The van der Waals surface area contributed by atoms with Crippen LogP contribution in [0.15, 0.2) is 5.16 Å². The van der Waals surface area contributed by atoms with Gasteiger partial charge in [0.05, 0.1) is 12.7 Å². The number of piperidine rings is 1. The van der Waals surface area contributed by atoms with Gasteiger partial charge in [-0.3, -0.25) is 9.69 Å². The molecule has 2 aliphatic rings. The monoisotopic (exact) mass is 427 g/mol. The molecule has 2 atom stereocenters. The summed E-state index contributed by atoms with van der Waals surface area (Å²) in [4.78, 5) is 30.6. The third kappa shape index (κ3) is 7.44. The van der Waals surface area contributed by atoms with Crippen molar-refractivity contribution in [1.29, 1.82) is 0 Å². The van der Waals surface area contributed by atoms with Gasteiger partial charge in [0.1, 0.15) is 5.71 Å². The number of halogens is 3. The van der Waals surface area contributed by atoms with Crippen LogP contribution in [-0.4, -0.2) is 99.9 Å². The molecule has 2 heterocycles. The zero-order valence-electron chi connectivity index (χ0n) is 16.6. The number of alkyl halides is 3. The molecule has 1 amide bonds. The van der Waals surface area contributed by atoms with Gasteiger partial charge in [-0.15, -0.1) is 0 Å². The van der Waals surface area contributed by atoms with E-state index in [0.29, 0.717) is 25.2 Å².